The van der Waals surface area contributed by atoms with Crippen LogP contribution in [0.25, 0.3) is 0 Å². The molecule has 31 heavy (non-hydrogen) atoms. The van der Waals surface area contributed by atoms with Crippen LogP contribution in [0.2, 0.25) is 0 Å². The van der Waals surface area contributed by atoms with E-state index >= 15 is 0 Å². The zero-order chi connectivity index (χ0) is 21.8. The molecule has 1 N–H and O–H groups in total. The van der Waals surface area contributed by atoms with Crippen LogP contribution in [0.4, 0.5) is 5.69 Å². The van der Waals surface area contributed by atoms with E-state index in [1.807, 2.05) is 18.2 Å². The molecule has 9 heteroatoms. The van der Waals surface area contributed by atoms with E-state index in [2.05, 4.69) is 0 Å². The van der Waals surface area contributed by atoms with Crippen LogP contribution in [0, 0.1) is 0 Å². The molecule has 0 bridgehead atoms. The number of nitrogens with zero attached hydrogens (tertiary/aromatic N) is 1. The van der Waals surface area contributed by atoms with Crippen molar-refractivity contribution in [1.82, 2.24) is 0 Å². The summed E-state index contributed by atoms with van der Waals surface area (Å²) in [5.74, 6) is 0.570. The molecular formula is C22H19NO7S. The van der Waals surface area contributed by atoms with Gasteiger partial charge in [0, 0.05) is 6.07 Å². The predicted molar refractivity (Wildman–Crippen MR) is 113 cm³/mol. The average molecular weight is 441 g/mol. The highest BCUT2D eigenvalue weighted by Crippen LogP contribution is 2.34. The smallest absolute Gasteiger partial charge is 0.324 e. The van der Waals surface area contributed by atoms with E-state index in [4.69, 9.17) is 14.2 Å². The summed E-state index contributed by atoms with van der Waals surface area (Å²) in [6, 6.07) is 19.5. The quantitative estimate of drug-likeness (QED) is 0.598. The van der Waals surface area contributed by atoms with Gasteiger partial charge < -0.3 is 19.3 Å². The van der Waals surface area contributed by atoms with Crippen molar-refractivity contribution >= 4 is 21.7 Å². The van der Waals surface area contributed by atoms with Gasteiger partial charge in [0.1, 0.15) is 31.3 Å². The van der Waals surface area contributed by atoms with Crippen LogP contribution >= 0.6 is 0 Å². The Balaban J connectivity index is 1.64. The van der Waals surface area contributed by atoms with Gasteiger partial charge in [-0.05, 0) is 48.5 Å². The Morgan fingerprint density at radius 3 is 2.23 bits per heavy atom. The second kappa shape index (κ2) is 8.57. The number of carbonyl (C=O) groups is 1. The molecular weight excluding hydrogens is 422 g/mol. The zero-order valence-electron chi connectivity index (χ0n) is 16.3. The number of ether oxygens (including phenoxy) is 3. The first kappa shape index (κ1) is 20.5. The van der Waals surface area contributed by atoms with E-state index in [0.29, 0.717) is 36.2 Å². The summed E-state index contributed by atoms with van der Waals surface area (Å²) < 4.78 is 43.9. The molecule has 0 amide bonds. The minimum Gasteiger partial charge on any atom is -0.486 e. The maximum absolute atomic E-state index is 13.3. The number of rotatable bonds is 7. The van der Waals surface area contributed by atoms with Crippen LogP contribution in [0.5, 0.6) is 23.0 Å². The molecule has 4 rings (SSSR count). The van der Waals surface area contributed by atoms with Gasteiger partial charge in [0.15, 0.2) is 11.5 Å². The fourth-order valence-corrected chi connectivity index (χ4v) is 4.48. The molecule has 1 aliphatic heterocycles. The van der Waals surface area contributed by atoms with Crippen molar-refractivity contribution in [2.24, 2.45) is 0 Å². The second-order valence-electron chi connectivity index (χ2n) is 6.62. The van der Waals surface area contributed by atoms with E-state index in [9.17, 15) is 18.3 Å². The molecule has 0 atom stereocenters. The predicted octanol–water partition coefficient (Wildman–Crippen LogP) is 3.53. The molecule has 1 heterocycles. The van der Waals surface area contributed by atoms with Gasteiger partial charge in [-0.15, -0.1) is 0 Å². The van der Waals surface area contributed by atoms with Gasteiger partial charge in [0.2, 0.25) is 0 Å². The first-order valence-corrected chi connectivity index (χ1v) is 10.8. The lowest BCUT2D eigenvalue weighted by Gasteiger charge is -2.24. The number of aliphatic carboxylic acids is 1. The molecule has 0 fully saturated rings. The summed E-state index contributed by atoms with van der Waals surface area (Å²) >= 11 is 0. The first-order chi connectivity index (χ1) is 14.9. The minimum absolute atomic E-state index is 0.0948. The maximum atomic E-state index is 13.3. The molecule has 0 radical (unpaired) electrons. The van der Waals surface area contributed by atoms with Crippen LogP contribution in [-0.2, 0) is 14.8 Å². The van der Waals surface area contributed by atoms with Crippen LogP contribution in [-0.4, -0.2) is 39.3 Å². The van der Waals surface area contributed by atoms with E-state index in [-0.39, 0.29) is 10.6 Å². The van der Waals surface area contributed by atoms with Crippen molar-refractivity contribution in [1.29, 1.82) is 0 Å². The SMILES string of the molecule is O=C(O)CN(c1ccc(Oc2ccccc2)cc1)S(=O)(=O)c1ccc2c(c1)OCCO2. The van der Waals surface area contributed by atoms with E-state index in [1.54, 1.807) is 24.3 Å². The molecule has 8 nitrogen and oxygen atoms in total. The molecule has 3 aromatic carbocycles. The largest absolute Gasteiger partial charge is 0.486 e. The van der Waals surface area contributed by atoms with Gasteiger partial charge in [-0.1, -0.05) is 18.2 Å². The molecule has 3 aromatic rings. The second-order valence-corrected chi connectivity index (χ2v) is 8.48. The Bertz CT molecular complexity index is 1180. The molecule has 1 aliphatic rings. The Labute approximate surface area is 179 Å². The Morgan fingerprint density at radius 2 is 1.55 bits per heavy atom. The van der Waals surface area contributed by atoms with Gasteiger partial charge in [0.25, 0.3) is 10.0 Å². The molecule has 0 spiro atoms. The van der Waals surface area contributed by atoms with Crippen molar-refractivity contribution < 1.29 is 32.5 Å². The third-order valence-electron chi connectivity index (χ3n) is 4.48. The van der Waals surface area contributed by atoms with Gasteiger partial charge in [0.05, 0.1) is 10.6 Å². The molecule has 160 valence electrons. The summed E-state index contributed by atoms with van der Waals surface area (Å²) in [6.07, 6.45) is 0. The van der Waals surface area contributed by atoms with Crippen molar-refractivity contribution in [2.75, 3.05) is 24.1 Å². The van der Waals surface area contributed by atoms with Crippen LogP contribution in [0.1, 0.15) is 0 Å². The molecule has 0 saturated carbocycles. The van der Waals surface area contributed by atoms with Crippen LogP contribution in [0.3, 0.4) is 0 Å². The first-order valence-electron chi connectivity index (χ1n) is 9.41. The lowest BCUT2D eigenvalue weighted by molar-refractivity contribution is -0.135. The van der Waals surface area contributed by atoms with Crippen molar-refractivity contribution in [3.8, 4) is 23.0 Å². The standard InChI is InChI=1S/C22H19NO7S/c24-22(25)15-23(16-6-8-18(9-7-16)30-17-4-2-1-3-5-17)31(26,27)19-10-11-20-21(14-19)29-13-12-28-20/h1-11,14H,12-13,15H2,(H,24,25). The number of carboxylic acid groups (broad SMARTS) is 1. The Morgan fingerprint density at radius 1 is 0.903 bits per heavy atom. The topological polar surface area (TPSA) is 102 Å². The summed E-state index contributed by atoms with van der Waals surface area (Å²) in [4.78, 5) is 11.3. The van der Waals surface area contributed by atoms with Gasteiger partial charge in [-0.3, -0.25) is 9.10 Å². The summed E-state index contributed by atoms with van der Waals surface area (Å²) in [6.45, 7) is -0.0600. The van der Waals surface area contributed by atoms with Gasteiger partial charge in [-0.2, -0.15) is 0 Å². The number of anilines is 1. The normalized spacial score (nSPS) is 12.8. The minimum atomic E-state index is -4.18. The summed E-state index contributed by atoms with van der Waals surface area (Å²) in [5.41, 5.74) is 0.192. The number of para-hydroxylation sites is 1. The lowest BCUT2D eigenvalue weighted by Crippen LogP contribution is -2.35. The summed E-state index contributed by atoms with van der Waals surface area (Å²) in [5, 5.41) is 9.32. The van der Waals surface area contributed by atoms with Crippen molar-refractivity contribution in [3.63, 3.8) is 0 Å². The zero-order valence-corrected chi connectivity index (χ0v) is 17.1. The highest BCUT2D eigenvalue weighted by molar-refractivity contribution is 7.92. The monoisotopic (exact) mass is 441 g/mol. The van der Waals surface area contributed by atoms with Gasteiger partial charge in [-0.25, -0.2) is 8.42 Å². The number of hydrogen-bond acceptors (Lipinski definition) is 6. The Hall–Kier alpha value is -3.72. The third-order valence-corrected chi connectivity index (χ3v) is 6.25. The number of benzene rings is 3. The molecule has 0 unspecified atom stereocenters. The molecule has 0 saturated heterocycles. The Kier molecular flexibility index (Phi) is 5.68. The number of fused-ring (bicyclic) bond motifs is 1. The van der Waals surface area contributed by atoms with Crippen LogP contribution < -0.4 is 18.5 Å². The number of sulfonamides is 1. The van der Waals surface area contributed by atoms with E-state index in [1.165, 1.54) is 30.3 Å². The summed E-state index contributed by atoms with van der Waals surface area (Å²) in [7, 11) is -4.18. The van der Waals surface area contributed by atoms with Crippen LogP contribution in [0.15, 0.2) is 77.7 Å². The molecule has 0 aliphatic carbocycles. The maximum Gasteiger partial charge on any atom is 0.324 e. The molecule has 0 aromatic heterocycles. The third kappa shape index (κ3) is 4.56. The highest BCUT2D eigenvalue weighted by Gasteiger charge is 2.29. The fourth-order valence-electron chi connectivity index (χ4n) is 3.05. The highest BCUT2D eigenvalue weighted by atomic mass is 32.2. The number of carboxylic acids is 1. The fraction of sp³-hybridized carbons (Fsp3) is 0.136. The van der Waals surface area contributed by atoms with E-state index in [0.717, 1.165) is 4.31 Å². The van der Waals surface area contributed by atoms with Crippen molar-refractivity contribution in [2.45, 2.75) is 4.90 Å². The average Bonchev–Trinajstić information content (AvgIpc) is 2.78. The van der Waals surface area contributed by atoms with E-state index < -0.39 is 22.5 Å². The number of hydrogen-bond donors (Lipinski definition) is 1. The van der Waals surface area contributed by atoms with Gasteiger partial charge >= 0.3 is 5.97 Å². The van der Waals surface area contributed by atoms with Crippen molar-refractivity contribution in [3.05, 3.63) is 72.8 Å². The lowest BCUT2D eigenvalue weighted by atomic mass is 10.3.